The fourth-order valence-corrected chi connectivity index (χ4v) is 2.47. The monoisotopic (exact) mass is 258 g/mol. The standard InChI is InChI=1S/C16H22N2O/c1-12(16-13(2)18-19-14(16)3)17-11-7-10-15-8-5-4-6-9-15/h4-6,8-9,12,17H,7,10-11H2,1-3H3. The van der Waals surface area contributed by atoms with Gasteiger partial charge in [-0.25, -0.2) is 0 Å². The molecule has 102 valence electrons. The van der Waals surface area contributed by atoms with E-state index in [0.29, 0.717) is 6.04 Å². The third kappa shape index (κ3) is 3.67. The van der Waals surface area contributed by atoms with Crippen molar-refractivity contribution >= 4 is 0 Å². The van der Waals surface area contributed by atoms with Gasteiger partial charge in [0.25, 0.3) is 0 Å². The van der Waals surface area contributed by atoms with E-state index in [9.17, 15) is 0 Å². The van der Waals surface area contributed by atoms with Crippen molar-refractivity contribution in [3.63, 3.8) is 0 Å². The zero-order chi connectivity index (χ0) is 13.7. The molecule has 0 amide bonds. The number of rotatable bonds is 6. The second-order valence-electron chi connectivity index (χ2n) is 5.00. The quantitative estimate of drug-likeness (QED) is 0.805. The van der Waals surface area contributed by atoms with Crippen LogP contribution in [0.4, 0.5) is 0 Å². The average Bonchev–Trinajstić information content (AvgIpc) is 2.75. The smallest absolute Gasteiger partial charge is 0.138 e. The lowest BCUT2D eigenvalue weighted by atomic mass is 10.1. The molecule has 1 N–H and O–H groups in total. The molecule has 0 aliphatic heterocycles. The Hall–Kier alpha value is -1.61. The zero-order valence-corrected chi connectivity index (χ0v) is 11.9. The van der Waals surface area contributed by atoms with Crippen molar-refractivity contribution in [2.75, 3.05) is 6.54 Å². The van der Waals surface area contributed by atoms with Gasteiger partial charge in [0.05, 0.1) is 5.69 Å². The molecule has 19 heavy (non-hydrogen) atoms. The summed E-state index contributed by atoms with van der Waals surface area (Å²) in [5, 5.41) is 7.53. The Morgan fingerprint density at radius 3 is 2.58 bits per heavy atom. The Labute approximate surface area is 115 Å². The first-order valence-electron chi connectivity index (χ1n) is 6.88. The molecule has 0 saturated carbocycles. The van der Waals surface area contributed by atoms with Crippen molar-refractivity contribution in [2.45, 2.75) is 39.7 Å². The van der Waals surface area contributed by atoms with Gasteiger partial charge in [-0.15, -0.1) is 0 Å². The summed E-state index contributed by atoms with van der Waals surface area (Å²) in [5.41, 5.74) is 3.58. The van der Waals surface area contributed by atoms with E-state index in [2.05, 4.69) is 47.7 Å². The first kappa shape index (κ1) is 13.8. The van der Waals surface area contributed by atoms with E-state index in [-0.39, 0.29) is 0 Å². The molecular weight excluding hydrogens is 236 g/mol. The van der Waals surface area contributed by atoms with Crippen molar-refractivity contribution in [3.05, 3.63) is 52.9 Å². The van der Waals surface area contributed by atoms with Gasteiger partial charge in [0.2, 0.25) is 0 Å². The highest BCUT2D eigenvalue weighted by Gasteiger charge is 2.15. The van der Waals surface area contributed by atoms with Gasteiger partial charge in [-0.2, -0.15) is 0 Å². The fourth-order valence-electron chi connectivity index (χ4n) is 2.47. The molecule has 0 spiro atoms. The minimum Gasteiger partial charge on any atom is -0.361 e. The molecule has 1 aromatic carbocycles. The maximum absolute atomic E-state index is 5.20. The maximum Gasteiger partial charge on any atom is 0.138 e. The molecule has 1 aromatic heterocycles. The van der Waals surface area contributed by atoms with Crippen molar-refractivity contribution in [1.29, 1.82) is 0 Å². The van der Waals surface area contributed by atoms with Crippen LogP contribution in [-0.2, 0) is 6.42 Å². The third-order valence-corrected chi connectivity index (χ3v) is 3.46. The van der Waals surface area contributed by atoms with Gasteiger partial charge in [-0.3, -0.25) is 0 Å². The van der Waals surface area contributed by atoms with E-state index in [0.717, 1.165) is 30.8 Å². The lowest BCUT2D eigenvalue weighted by Gasteiger charge is -2.13. The second kappa shape index (κ2) is 6.53. The molecule has 2 aromatic rings. The minimum atomic E-state index is 0.294. The van der Waals surface area contributed by atoms with Crippen LogP contribution >= 0.6 is 0 Å². The summed E-state index contributed by atoms with van der Waals surface area (Å²) in [4.78, 5) is 0. The lowest BCUT2D eigenvalue weighted by Crippen LogP contribution is -2.21. The molecule has 1 heterocycles. The molecule has 0 aliphatic rings. The van der Waals surface area contributed by atoms with Crippen LogP contribution in [0.1, 0.15) is 42.0 Å². The first-order valence-corrected chi connectivity index (χ1v) is 6.88. The zero-order valence-electron chi connectivity index (χ0n) is 11.9. The van der Waals surface area contributed by atoms with Crippen LogP contribution in [0, 0.1) is 13.8 Å². The molecule has 2 rings (SSSR count). The molecule has 0 aliphatic carbocycles. The number of hydrogen-bond acceptors (Lipinski definition) is 3. The molecular formula is C16H22N2O. The number of nitrogens with one attached hydrogen (secondary N) is 1. The van der Waals surface area contributed by atoms with Crippen LogP contribution in [-0.4, -0.2) is 11.7 Å². The Bertz CT molecular complexity index is 485. The molecule has 0 bridgehead atoms. The summed E-state index contributed by atoms with van der Waals surface area (Å²) >= 11 is 0. The van der Waals surface area contributed by atoms with Crippen molar-refractivity contribution in [3.8, 4) is 0 Å². The molecule has 1 unspecified atom stereocenters. The number of benzene rings is 1. The lowest BCUT2D eigenvalue weighted by molar-refractivity contribution is 0.390. The summed E-state index contributed by atoms with van der Waals surface area (Å²) in [7, 11) is 0. The predicted molar refractivity (Wildman–Crippen MR) is 77.2 cm³/mol. The van der Waals surface area contributed by atoms with Gasteiger partial charge in [0.1, 0.15) is 5.76 Å². The Morgan fingerprint density at radius 1 is 1.21 bits per heavy atom. The van der Waals surface area contributed by atoms with E-state index in [4.69, 9.17) is 4.52 Å². The highest BCUT2D eigenvalue weighted by molar-refractivity contribution is 5.24. The Kier molecular flexibility index (Phi) is 4.74. The highest BCUT2D eigenvalue weighted by Crippen LogP contribution is 2.20. The van der Waals surface area contributed by atoms with Gasteiger partial charge in [0, 0.05) is 11.6 Å². The van der Waals surface area contributed by atoms with E-state index in [1.165, 1.54) is 11.1 Å². The van der Waals surface area contributed by atoms with E-state index in [1.54, 1.807) is 0 Å². The molecule has 0 fully saturated rings. The Morgan fingerprint density at radius 2 is 1.95 bits per heavy atom. The fraction of sp³-hybridized carbons (Fsp3) is 0.438. The van der Waals surface area contributed by atoms with Gasteiger partial charge in [-0.1, -0.05) is 35.5 Å². The van der Waals surface area contributed by atoms with Gasteiger partial charge in [0.15, 0.2) is 0 Å². The average molecular weight is 258 g/mol. The van der Waals surface area contributed by atoms with Crippen LogP contribution in [0.25, 0.3) is 0 Å². The van der Waals surface area contributed by atoms with Crippen molar-refractivity contribution < 1.29 is 4.52 Å². The summed E-state index contributed by atoms with van der Waals surface area (Å²) in [5.74, 6) is 0.917. The topological polar surface area (TPSA) is 38.1 Å². The molecule has 0 saturated heterocycles. The number of aromatic nitrogens is 1. The van der Waals surface area contributed by atoms with Gasteiger partial charge >= 0.3 is 0 Å². The second-order valence-corrected chi connectivity index (χ2v) is 5.00. The summed E-state index contributed by atoms with van der Waals surface area (Å²) in [6, 6.07) is 10.9. The van der Waals surface area contributed by atoms with Crippen LogP contribution in [0.5, 0.6) is 0 Å². The largest absolute Gasteiger partial charge is 0.361 e. The van der Waals surface area contributed by atoms with Crippen LogP contribution in [0.3, 0.4) is 0 Å². The molecule has 3 nitrogen and oxygen atoms in total. The molecule has 3 heteroatoms. The van der Waals surface area contributed by atoms with Crippen molar-refractivity contribution in [2.24, 2.45) is 0 Å². The summed E-state index contributed by atoms with van der Waals surface area (Å²) < 4.78 is 5.20. The molecule has 1 atom stereocenters. The van der Waals surface area contributed by atoms with Gasteiger partial charge in [-0.05, 0) is 45.7 Å². The van der Waals surface area contributed by atoms with Crippen LogP contribution in [0.15, 0.2) is 34.9 Å². The minimum absolute atomic E-state index is 0.294. The number of hydrogen-bond donors (Lipinski definition) is 1. The van der Waals surface area contributed by atoms with E-state index < -0.39 is 0 Å². The SMILES string of the molecule is Cc1noc(C)c1C(C)NCCCc1ccccc1. The summed E-state index contributed by atoms with van der Waals surface area (Å²) in [6.07, 6.45) is 2.25. The highest BCUT2D eigenvalue weighted by atomic mass is 16.5. The maximum atomic E-state index is 5.20. The number of aryl methyl sites for hydroxylation is 3. The number of nitrogens with zero attached hydrogens (tertiary/aromatic N) is 1. The first-order chi connectivity index (χ1) is 9.18. The normalized spacial score (nSPS) is 12.6. The van der Waals surface area contributed by atoms with Gasteiger partial charge < -0.3 is 9.84 Å². The van der Waals surface area contributed by atoms with E-state index in [1.807, 2.05) is 13.8 Å². The third-order valence-electron chi connectivity index (χ3n) is 3.46. The van der Waals surface area contributed by atoms with Crippen molar-refractivity contribution in [1.82, 2.24) is 10.5 Å². The van der Waals surface area contributed by atoms with Crippen LogP contribution in [0.2, 0.25) is 0 Å². The summed E-state index contributed by atoms with van der Waals surface area (Å²) in [6.45, 7) is 7.13. The predicted octanol–water partition coefficient (Wildman–Crippen LogP) is 3.57. The Balaban J connectivity index is 1.77. The van der Waals surface area contributed by atoms with Crippen LogP contribution < -0.4 is 5.32 Å². The van der Waals surface area contributed by atoms with E-state index >= 15 is 0 Å². The molecule has 0 radical (unpaired) electrons.